The molecule has 0 amide bonds. The van der Waals surface area contributed by atoms with Gasteiger partial charge in [0.1, 0.15) is 0 Å². The zero-order chi connectivity index (χ0) is 15.6. The van der Waals surface area contributed by atoms with Gasteiger partial charge in [-0.1, -0.05) is 30.3 Å². The van der Waals surface area contributed by atoms with E-state index in [9.17, 15) is 4.79 Å². The van der Waals surface area contributed by atoms with E-state index in [2.05, 4.69) is 22.1 Å². The van der Waals surface area contributed by atoms with Crippen molar-refractivity contribution < 1.29 is 4.42 Å². The number of hydrogen-bond acceptors (Lipinski definition) is 5. The number of aromatic nitrogens is 3. The van der Waals surface area contributed by atoms with Crippen LogP contribution in [0, 0.1) is 0 Å². The summed E-state index contributed by atoms with van der Waals surface area (Å²) in [6, 6.07) is 13.7. The highest BCUT2D eigenvalue weighted by Gasteiger charge is 2.12. The van der Waals surface area contributed by atoms with Crippen molar-refractivity contribution in [3.63, 3.8) is 0 Å². The summed E-state index contributed by atoms with van der Waals surface area (Å²) in [5, 5.41) is 3.01. The van der Waals surface area contributed by atoms with Gasteiger partial charge in [-0.2, -0.15) is 0 Å². The van der Waals surface area contributed by atoms with E-state index in [1.54, 1.807) is 29.7 Å². The highest BCUT2D eigenvalue weighted by Crippen LogP contribution is 2.17. The Hall–Kier alpha value is -2.73. The lowest BCUT2D eigenvalue weighted by atomic mass is 10.2. The van der Waals surface area contributed by atoms with Crippen LogP contribution < -0.4 is 5.76 Å². The first kappa shape index (κ1) is 13.9. The van der Waals surface area contributed by atoms with Crippen LogP contribution in [0.4, 0.5) is 0 Å². The molecule has 4 rings (SSSR count). The van der Waals surface area contributed by atoms with E-state index in [1.165, 1.54) is 10.1 Å². The van der Waals surface area contributed by atoms with E-state index < -0.39 is 5.76 Å². The van der Waals surface area contributed by atoms with Gasteiger partial charge in [0.15, 0.2) is 11.2 Å². The molecule has 4 aromatic rings. The van der Waals surface area contributed by atoms with E-state index in [-0.39, 0.29) is 0 Å². The Balaban J connectivity index is 1.60. The van der Waals surface area contributed by atoms with E-state index in [0.717, 1.165) is 17.1 Å². The molecule has 6 heteroatoms. The number of oxazole rings is 1. The lowest BCUT2D eigenvalue weighted by Gasteiger charge is -1.98. The lowest BCUT2D eigenvalue weighted by molar-refractivity contribution is 0.516. The van der Waals surface area contributed by atoms with Crippen LogP contribution in [0.1, 0.15) is 16.3 Å². The molecule has 0 fully saturated rings. The highest BCUT2D eigenvalue weighted by molar-refractivity contribution is 7.09. The third-order valence-corrected chi connectivity index (χ3v) is 4.44. The number of rotatable bonds is 4. The summed E-state index contributed by atoms with van der Waals surface area (Å²) < 4.78 is 6.70. The van der Waals surface area contributed by atoms with Crippen molar-refractivity contribution >= 4 is 22.6 Å². The maximum Gasteiger partial charge on any atom is 0.421 e. The molecule has 0 spiro atoms. The van der Waals surface area contributed by atoms with Gasteiger partial charge in [0, 0.05) is 18.0 Å². The van der Waals surface area contributed by atoms with Gasteiger partial charge in [0.25, 0.3) is 0 Å². The van der Waals surface area contributed by atoms with Gasteiger partial charge in [-0.25, -0.2) is 14.8 Å². The molecular weight excluding hydrogens is 310 g/mol. The summed E-state index contributed by atoms with van der Waals surface area (Å²) in [7, 11) is 0. The van der Waals surface area contributed by atoms with Crippen molar-refractivity contribution in [1.29, 1.82) is 0 Å². The van der Waals surface area contributed by atoms with Crippen molar-refractivity contribution in [2.75, 3.05) is 0 Å². The highest BCUT2D eigenvalue weighted by atomic mass is 32.1. The minimum atomic E-state index is -0.406. The smallest absolute Gasteiger partial charge is 0.406 e. The number of thiazole rings is 1. The van der Waals surface area contributed by atoms with Gasteiger partial charge in [-0.15, -0.1) is 11.3 Å². The first-order chi connectivity index (χ1) is 11.3. The van der Waals surface area contributed by atoms with E-state index in [4.69, 9.17) is 4.42 Å². The second kappa shape index (κ2) is 5.81. The summed E-state index contributed by atoms with van der Waals surface area (Å²) in [4.78, 5) is 20.8. The number of hydrogen-bond donors (Lipinski definition) is 0. The van der Waals surface area contributed by atoms with Crippen molar-refractivity contribution in [2.24, 2.45) is 0 Å². The Labute approximate surface area is 135 Å². The van der Waals surface area contributed by atoms with Crippen molar-refractivity contribution in [2.45, 2.75) is 13.0 Å². The SMILES string of the molecule is O=c1oc2cccnc2n1Cc1csc(Cc2ccccc2)n1. The predicted molar refractivity (Wildman–Crippen MR) is 88.7 cm³/mol. The van der Waals surface area contributed by atoms with Crippen LogP contribution in [0.2, 0.25) is 0 Å². The van der Waals surface area contributed by atoms with Crippen molar-refractivity contribution in [3.05, 3.63) is 80.9 Å². The zero-order valence-electron chi connectivity index (χ0n) is 12.2. The van der Waals surface area contributed by atoms with Gasteiger partial charge in [-0.3, -0.25) is 4.57 Å². The molecular formula is C17H13N3O2S. The molecule has 0 saturated heterocycles. The number of nitrogens with zero attached hydrogens (tertiary/aromatic N) is 3. The number of fused-ring (bicyclic) bond motifs is 1. The molecule has 5 nitrogen and oxygen atoms in total. The first-order valence-electron chi connectivity index (χ1n) is 7.21. The summed E-state index contributed by atoms with van der Waals surface area (Å²) in [5.41, 5.74) is 3.12. The van der Waals surface area contributed by atoms with Gasteiger partial charge in [0.2, 0.25) is 0 Å². The molecule has 3 heterocycles. The minimum Gasteiger partial charge on any atom is -0.406 e. The summed E-state index contributed by atoms with van der Waals surface area (Å²) in [6.07, 6.45) is 2.44. The third-order valence-electron chi connectivity index (χ3n) is 3.54. The third kappa shape index (κ3) is 2.80. The zero-order valence-corrected chi connectivity index (χ0v) is 13.0. The Morgan fingerprint density at radius 3 is 2.87 bits per heavy atom. The molecule has 1 aromatic carbocycles. The molecule has 0 saturated carbocycles. The van der Waals surface area contributed by atoms with Gasteiger partial charge < -0.3 is 4.42 Å². The average Bonchev–Trinajstić information content (AvgIpc) is 3.14. The van der Waals surface area contributed by atoms with Gasteiger partial charge in [-0.05, 0) is 17.7 Å². The van der Waals surface area contributed by atoms with Crippen LogP contribution in [0.5, 0.6) is 0 Å². The monoisotopic (exact) mass is 323 g/mol. The van der Waals surface area contributed by atoms with Crippen LogP contribution in [0.3, 0.4) is 0 Å². The summed E-state index contributed by atoms with van der Waals surface area (Å²) in [5.74, 6) is -0.406. The Kier molecular flexibility index (Phi) is 3.51. The quantitative estimate of drug-likeness (QED) is 0.579. The van der Waals surface area contributed by atoms with Crippen LogP contribution in [0.15, 0.2) is 63.3 Å². The molecule has 0 unspecified atom stereocenters. The van der Waals surface area contributed by atoms with E-state index in [1.807, 2.05) is 23.6 Å². The first-order valence-corrected chi connectivity index (χ1v) is 8.09. The van der Waals surface area contributed by atoms with Crippen LogP contribution in [-0.4, -0.2) is 14.5 Å². The van der Waals surface area contributed by atoms with Crippen molar-refractivity contribution in [3.8, 4) is 0 Å². The second-order valence-corrected chi connectivity index (χ2v) is 6.12. The standard InChI is InChI=1S/C17H13N3O2S/c21-17-20(16-14(22-17)7-4-8-18-16)10-13-11-23-15(19-13)9-12-5-2-1-3-6-12/h1-8,11H,9-10H2. The maximum absolute atomic E-state index is 12.0. The van der Waals surface area contributed by atoms with Crippen molar-refractivity contribution in [1.82, 2.24) is 14.5 Å². The molecule has 0 aliphatic carbocycles. The molecule has 114 valence electrons. The fourth-order valence-electron chi connectivity index (χ4n) is 2.47. The molecule has 0 radical (unpaired) electrons. The fourth-order valence-corrected chi connectivity index (χ4v) is 3.29. The van der Waals surface area contributed by atoms with Gasteiger partial charge in [0.05, 0.1) is 17.2 Å². The molecule has 0 aliphatic rings. The Morgan fingerprint density at radius 2 is 2.00 bits per heavy atom. The molecule has 0 N–H and O–H groups in total. The van der Waals surface area contributed by atoms with Crippen LogP contribution >= 0.6 is 11.3 Å². The Bertz CT molecular complexity index is 1000. The molecule has 23 heavy (non-hydrogen) atoms. The molecule has 0 aliphatic heterocycles. The molecule has 3 aromatic heterocycles. The number of benzene rings is 1. The fraction of sp³-hybridized carbons (Fsp3) is 0.118. The largest absolute Gasteiger partial charge is 0.421 e. The predicted octanol–water partition coefficient (Wildman–Crippen LogP) is 3.09. The minimum absolute atomic E-state index is 0.369. The van der Waals surface area contributed by atoms with E-state index in [0.29, 0.717) is 17.8 Å². The van der Waals surface area contributed by atoms with Crippen LogP contribution in [-0.2, 0) is 13.0 Å². The lowest BCUT2D eigenvalue weighted by Crippen LogP contribution is -2.15. The van der Waals surface area contributed by atoms with Gasteiger partial charge >= 0.3 is 5.76 Å². The summed E-state index contributed by atoms with van der Waals surface area (Å²) in [6.45, 7) is 0.369. The summed E-state index contributed by atoms with van der Waals surface area (Å²) >= 11 is 1.60. The Morgan fingerprint density at radius 1 is 1.13 bits per heavy atom. The normalized spacial score (nSPS) is 11.1. The average molecular weight is 323 g/mol. The maximum atomic E-state index is 12.0. The molecule has 0 bridgehead atoms. The van der Waals surface area contributed by atoms with Crippen LogP contribution in [0.25, 0.3) is 11.2 Å². The molecule has 0 atom stereocenters. The number of pyridine rings is 1. The second-order valence-electron chi connectivity index (χ2n) is 5.17. The van der Waals surface area contributed by atoms with E-state index >= 15 is 0 Å². The topological polar surface area (TPSA) is 60.9 Å².